The van der Waals surface area contributed by atoms with Crippen LogP contribution < -0.4 is 5.32 Å². The van der Waals surface area contributed by atoms with Crippen LogP contribution in [0.25, 0.3) is 0 Å². The van der Waals surface area contributed by atoms with Crippen molar-refractivity contribution >= 4 is 34.8 Å². The number of benzene rings is 1. The highest BCUT2D eigenvalue weighted by Gasteiger charge is 2.25. The highest BCUT2D eigenvalue weighted by atomic mass is 35.5. The van der Waals surface area contributed by atoms with E-state index in [0.29, 0.717) is 15.7 Å². The minimum atomic E-state index is -0.139. The van der Waals surface area contributed by atoms with Crippen molar-refractivity contribution in [2.75, 3.05) is 18.4 Å². The molecule has 2 rings (SSSR count). The number of halogens is 2. The molecule has 0 bridgehead atoms. The zero-order valence-corrected chi connectivity index (χ0v) is 13.3. The predicted octanol–water partition coefficient (Wildman–Crippen LogP) is 4.05. The summed E-state index contributed by atoms with van der Waals surface area (Å²) in [5, 5.41) is 3.92. The summed E-state index contributed by atoms with van der Waals surface area (Å²) in [7, 11) is 0. The predicted molar refractivity (Wildman–Crippen MR) is 84.5 cm³/mol. The smallest absolute Gasteiger partial charge is 0.241 e. The fourth-order valence-corrected chi connectivity index (χ4v) is 2.98. The molecule has 3 nitrogen and oxygen atoms in total. The Bertz CT molecular complexity index is 465. The van der Waals surface area contributed by atoms with Gasteiger partial charge in [-0.15, -0.1) is 0 Å². The zero-order chi connectivity index (χ0) is 14.7. The first-order chi connectivity index (χ1) is 9.45. The second-order valence-electron chi connectivity index (χ2n) is 5.54. The van der Waals surface area contributed by atoms with Gasteiger partial charge in [-0.2, -0.15) is 0 Å². The summed E-state index contributed by atoms with van der Waals surface area (Å²) in [6.07, 6.45) is 2.31. The Hall–Kier alpha value is -0.770. The molecule has 1 aliphatic heterocycles. The molecule has 0 unspecified atom stereocenters. The lowest BCUT2D eigenvalue weighted by atomic mass is 9.98. The van der Waals surface area contributed by atoms with Crippen LogP contribution in [0.3, 0.4) is 0 Å². The number of hydrogen-bond donors (Lipinski definition) is 1. The van der Waals surface area contributed by atoms with Crippen molar-refractivity contribution in [3.63, 3.8) is 0 Å². The molecule has 1 atom stereocenters. The van der Waals surface area contributed by atoms with E-state index < -0.39 is 0 Å². The van der Waals surface area contributed by atoms with E-state index in [1.165, 1.54) is 0 Å². The molecule has 5 heteroatoms. The van der Waals surface area contributed by atoms with E-state index in [1.54, 1.807) is 18.2 Å². The van der Waals surface area contributed by atoms with Crippen molar-refractivity contribution < 1.29 is 4.79 Å². The summed E-state index contributed by atoms with van der Waals surface area (Å²) in [6.45, 7) is 6.16. The Morgan fingerprint density at radius 2 is 1.80 bits per heavy atom. The SMILES string of the molecule is CC1CCN([C@H](C)C(=O)Nc2cc(Cl)cc(Cl)c2)CC1. The summed E-state index contributed by atoms with van der Waals surface area (Å²) >= 11 is 11.9. The minimum Gasteiger partial charge on any atom is -0.325 e. The lowest BCUT2D eigenvalue weighted by Gasteiger charge is -2.34. The summed E-state index contributed by atoms with van der Waals surface area (Å²) < 4.78 is 0. The molecule has 0 saturated carbocycles. The summed E-state index contributed by atoms with van der Waals surface area (Å²) in [6, 6.07) is 4.92. The number of likely N-dealkylation sites (tertiary alicyclic amines) is 1. The average molecular weight is 315 g/mol. The lowest BCUT2D eigenvalue weighted by molar-refractivity contribution is -0.121. The standard InChI is InChI=1S/C15H20Cl2N2O/c1-10-3-5-19(6-4-10)11(2)15(20)18-14-8-12(16)7-13(17)9-14/h7-11H,3-6H2,1-2H3,(H,18,20)/t11-/m1/s1. The molecule has 0 spiro atoms. The first kappa shape index (κ1) is 15.6. The third-order valence-corrected chi connectivity index (χ3v) is 4.31. The first-order valence-electron chi connectivity index (χ1n) is 6.96. The number of anilines is 1. The third-order valence-electron chi connectivity index (χ3n) is 3.88. The van der Waals surface area contributed by atoms with Crippen LogP contribution in [0.2, 0.25) is 10.0 Å². The molecule has 1 amide bonds. The van der Waals surface area contributed by atoms with Crippen molar-refractivity contribution in [3.8, 4) is 0 Å². The van der Waals surface area contributed by atoms with Crippen LogP contribution in [0.4, 0.5) is 5.69 Å². The molecule has 1 aromatic rings. The van der Waals surface area contributed by atoms with Crippen LogP contribution in [0, 0.1) is 5.92 Å². The number of carbonyl (C=O) groups is 1. The Balaban J connectivity index is 1.97. The maximum absolute atomic E-state index is 12.3. The number of carbonyl (C=O) groups excluding carboxylic acids is 1. The Kier molecular flexibility index (Phi) is 5.30. The Labute approximate surface area is 130 Å². The number of rotatable bonds is 3. The minimum absolute atomic E-state index is 0.0158. The molecule has 1 aliphatic rings. The van der Waals surface area contributed by atoms with Gasteiger partial charge in [-0.05, 0) is 57.0 Å². The van der Waals surface area contributed by atoms with Crippen molar-refractivity contribution in [2.24, 2.45) is 5.92 Å². The van der Waals surface area contributed by atoms with Gasteiger partial charge in [-0.1, -0.05) is 30.1 Å². The molecule has 1 fully saturated rings. The van der Waals surface area contributed by atoms with Crippen LogP contribution in [0.5, 0.6) is 0 Å². The van der Waals surface area contributed by atoms with Gasteiger partial charge in [0, 0.05) is 15.7 Å². The van der Waals surface area contributed by atoms with Crippen molar-refractivity contribution in [2.45, 2.75) is 32.7 Å². The second-order valence-corrected chi connectivity index (χ2v) is 6.41. The van der Waals surface area contributed by atoms with E-state index in [1.807, 2.05) is 6.92 Å². The van der Waals surface area contributed by atoms with Crippen molar-refractivity contribution in [1.82, 2.24) is 4.90 Å². The highest BCUT2D eigenvalue weighted by molar-refractivity contribution is 6.35. The van der Waals surface area contributed by atoms with Gasteiger partial charge in [0.05, 0.1) is 6.04 Å². The molecule has 110 valence electrons. The van der Waals surface area contributed by atoms with Gasteiger partial charge < -0.3 is 5.32 Å². The highest BCUT2D eigenvalue weighted by Crippen LogP contribution is 2.23. The fraction of sp³-hybridized carbons (Fsp3) is 0.533. The quantitative estimate of drug-likeness (QED) is 0.912. The second kappa shape index (κ2) is 6.79. The molecule has 20 heavy (non-hydrogen) atoms. The van der Waals surface area contributed by atoms with Gasteiger partial charge >= 0.3 is 0 Å². The molecule has 0 radical (unpaired) electrons. The first-order valence-corrected chi connectivity index (χ1v) is 7.72. The summed E-state index contributed by atoms with van der Waals surface area (Å²) in [5.74, 6) is 0.742. The molecular formula is C15H20Cl2N2O. The maximum Gasteiger partial charge on any atom is 0.241 e. The number of piperidine rings is 1. The summed E-state index contributed by atoms with van der Waals surface area (Å²) in [4.78, 5) is 14.5. The fourth-order valence-electron chi connectivity index (χ4n) is 2.45. The van der Waals surface area contributed by atoms with Gasteiger partial charge in [-0.25, -0.2) is 0 Å². The maximum atomic E-state index is 12.3. The molecule has 0 aromatic heterocycles. The molecule has 1 heterocycles. The van der Waals surface area contributed by atoms with Gasteiger partial charge in [0.1, 0.15) is 0 Å². The number of nitrogens with zero attached hydrogens (tertiary/aromatic N) is 1. The third kappa shape index (κ3) is 4.11. The van der Waals surface area contributed by atoms with E-state index in [4.69, 9.17) is 23.2 Å². The number of amides is 1. The normalized spacial score (nSPS) is 18.8. The molecule has 1 N–H and O–H groups in total. The molecular weight excluding hydrogens is 295 g/mol. The van der Waals surface area contributed by atoms with Gasteiger partial charge in [0.15, 0.2) is 0 Å². The summed E-state index contributed by atoms with van der Waals surface area (Å²) in [5.41, 5.74) is 0.643. The molecule has 1 aromatic carbocycles. The van der Waals surface area contributed by atoms with Gasteiger partial charge in [0.25, 0.3) is 0 Å². The average Bonchev–Trinajstić information content (AvgIpc) is 2.37. The Morgan fingerprint density at radius 3 is 2.35 bits per heavy atom. The van der Waals surface area contributed by atoms with Crippen molar-refractivity contribution in [1.29, 1.82) is 0 Å². The molecule has 0 aliphatic carbocycles. The van der Waals surface area contributed by atoms with Gasteiger partial charge in [0.2, 0.25) is 5.91 Å². The van der Waals surface area contributed by atoms with E-state index in [2.05, 4.69) is 17.1 Å². The van der Waals surface area contributed by atoms with E-state index in [-0.39, 0.29) is 11.9 Å². The molecule has 1 saturated heterocycles. The monoisotopic (exact) mass is 314 g/mol. The van der Waals surface area contributed by atoms with Crippen LogP contribution in [-0.2, 0) is 4.79 Å². The van der Waals surface area contributed by atoms with E-state index in [0.717, 1.165) is 31.8 Å². The number of nitrogens with one attached hydrogen (secondary N) is 1. The Morgan fingerprint density at radius 1 is 1.25 bits per heavy atom. The van der Waals surface area contributed by atoms with Crippen LogP contribution in [0.15, 0.2) is 18.2 Å². The number of hydrogen-bond acceptors (Lipinski definition) is 2. The van der Waals surface area contributed by atoms with Crippen LogP contribution in [0.1, 0.15) is 26.7 Å². The van der Waals surface area contributed by atoms with Crippen LogP contribution >= 0.6 is 23.2 Å². The van der Waals surface area contributed by atoms with E-state index >= 15 is 0 Å². The van der Waals surface area contributed by atoms with E-state index in [9.17, 15) is 4.79 Å². The zero-order valence-electron chi connectivity index (χ0n) is 11.8. The van der Waals surface area contributed by atoms with Crippen LogP contribution in [-0.4, -0.2) is 29.9 Å². The van der Waals surface area contributed by atoms with Gasteiger partial charge in [-0.3, -0.25) is 9.69 Å². The lowest BCUT2D eigenvalue weighted by Crippen LogP contribution is -2.45. The topological polar surface area (TPSA) is 32.3 Å². The van der Waals surface area contributed by atoms with Crippen molar-refractivity contribution in [3.05, 3.63) is 28.2 Å². The largest absolute Gasteiger partial charge is 0.325 e.